The Morgan fingerprint density at radius 2 is 1.37 bits per heavy atom. The Hall–Kier alpha value is -4.96. The predicted octanol–water partition coefficient (Wildman–Crippen LogP) is 6.55. The maximum absolute atomic E-state index is 12.3. The van der Waals surface area contributed by atoms with Crippen molar-refractivity contribution in [2.75, 3.05) is 0 Å². The minimum absolute atomic E-state index is 0. The Morgan fingerprint density at radius 3 is 1.80 bits per heavy atom. The summed E-state index contributed by atoms with van der Waals surface area (Å²) in [5.41, 5.74) is 0.233. The normalized spacial score (nSPS) is 11.4. The third kappa shape index (κ3) is 11.6. The summed E-state index contributed by atoms with van der Waals surface area (Å²) in [6.07, 6.45) is -4.84. The van der Waals surface area contributed by atoms with Gasteiger partial charge in [0, 0.05) is 58.5 Å². The average Bonchev–Trinajstić information content (AvgIpc) is 3.82. The Kier molecular flexibility index (Phi) is 12.9. The van der Waals surface area contributed by atoms with E-state index in [1.807, 2.05) is 0 Å². The molecule has 0 spiro atoms. The van der Waals surface area contributed by atoms with Crippen LogP contribution in [0, 0.1) is 19.2 Å². The second-order valence-electron chi connectivity index (χ2n) is 9.60. The van der Waals surface area contributed by atoms with Crippen molar-refractivity contribution in [1.29, 1.82) is 0 Å². The van der Waals surface area contributed by atoms with Crippen molar-refractivity contribution < 1.29 is 64.3 Å². The van der Waals surface area contributed by atoms with E-state index in [0.29, 0.717) is 24.2 Å². The number of pyridine rings is 1. The molecule has 0 unspecified atom stereocenters. The number of hydrogen-bond donors (Lipinski definition) is 0. The van der Waals surface area contributed by atoms with Gasteiger partial charge < -0.3 is 10.1 Å². The van der Waals surface area contributed by atoms with Crippen LogP contribution in [0.1, 0.15) is 28.1 Å². The van der Waals surface area contributed by atoms with Crippen molar-refractivity contribution in [2.24, 2.45) is 0 Å². The minimum Gasteiger partial charge on any atom is -0.413 e. The molecular weight excluding hydrogens is 848 g/mol. The fourth-order valence-corrected chi connectivity index (χ4v) is 3.72. The molecular formula is C31H22F9IrN8-3. The predicted molar refractivity (Wildman–Crippen MR) is 150 cm³/mol. The maximum Gasteiger partial charge on any atom is 0.429 e. The van der Waals surface area contributed by atoms with Crippen LogP contribution < -0.4 is 9.78 Å². The first-order valence-electron chi connectivity index (χ1n) is 13.5. The standard InChI is InChI=1S/C12H10F3N2.C11H8F3N2.C8H4F3N4.Ir/c1-16-7-2-8-17(16)9-10-3-5-11(6-4-10)12(13,14)15;12-11(13,14)10-4-2-9(3-5-10)8-16-7-1-6-15-16;9-8(10,11)7-13-6(14-15-7)5-3-1-2-4-12-5;/h2-3,5-8H,1,9H2;1-2,4-7H,8H2;1-4H;/q3*-1;. The van der Waals surface area contributed by atoms with Gasteiger partial charge in [0.25, 0.3) is 0 Å². The smallest absolute Gasteiger partial charge is 0.413 e. The molecule has 0 amide bonds. The van der Waals surface area contributed by atoms with Gasteiger partial charge in [-0.25, -0.2) is 4.68 Å². The summed E-state index contributed by atoms with van der Waals surface area (Å²) in [5.74, 6) is -1.37. The molecule has 4 heterocycles. The maximum atomic E-state index is 12.3. The van der Waals surface area contributed by atoms with E-state index in [2.05, 4.69) is 44.4 Å². The number of benzene rings is 2. The molecule has 18 heteroatoms. The molecule has 49 heavy (non-hydrogen) atoms. The Labute approximate surface area is 286 Å². The van der Waals surface area contributed by atoms with Crippen LogP contribution in [0.2, 0.25) is 0 Å². The van der Waals surface area contributed by atoms with Gasteiger partial charge in [0.2, 0.25) is 0 Å². The number of aromatic nitrogens is 8. The van der Waals surface area contributed by atoms with Gasteiger partial charge in [-0.2, -0.15) is 97.8 Å². The van der Waals surface area contributed by atoms with Gasteiger partial charge in [0.05, 0.1) is 18.4 Å². The summed E-state index contributed by atoms with van der Waals surface area (Å²) in [6, 6.07) is 20.4. The largest absolute Gasteiger partial charge is 0.429 e. The fraction of sp³-hybridized carbons (Fsp3) is 0.161. The molecule has 261 valence electrons. The van der Waals surface area contributed by atoms with Crippen LogP contribution in [0.3, 0.4) is 0 Å². The van der Waals surface area contributed by atoms with Crippen molar-refractivity contribution in [3.63, 3.8) is 0 Å². The first-order chi connectivity index (χ1) is 22.6. The molecule has 0 saturated carbocycles. The Morgan fingerprint density at radius 1 is 0.735 bits per heavy atom. The molecule has 4 aromatic heterocycles. The summed E-state index contributed by atoms with van der Waals surface area (Å²) in [6.45, 7) is 0.861. The number of hydrogen-bond acceptors (Lipinski definition) is 4. The van der Waals surface area contributed by atoms with Crippen molar-refractivity contribution in [3.8, 4) is 11.5 Å². The summed E-state index contributed by atoms with van der Waals surface area (Å²) >= 11 is 0. The van der Waals surface area contributed by atoms with Gasteiger partial charge in [0.1, 0.15) is 5.82 Å². The minimum atomic E-state index is -4.57. The molecule has 6 rings (SSSR count). The molecule has 0 saturated heterocycles. The van der Waals surface area contributed by atoms with Crippen LogP contribution in [-0.2, 0) is 51.7 Å². The van der Waals surface area contributed by atoms with E-state index in [0.717, 1.165) is 24.3 Å². The van der Waals surface area contributed by atoms with Gasteiger partial charge in [-0.05, 0) is 24.0 Å². The summed E-state index contributed by atoms with van der Waals surface area (Å²) in [4.78, 5) is 7.05. The van der Waals surface area contributed by atoms with Gasteiger partial charge >= 0.3 is 18.5 Å². The van der Waals surface area contributed by atoms with E-state index in [4.69, 9.17) is 0 Å². The van der Waals surface area contributed by atoms with Gasteiger partial charge in [-0.3, -0.25) is 14.8 Å². The van der Waals surface area contributed by atoms with Crippen LogP contribution in [0.4, 0.5) is 39.5 Å². The second kappa shape index (κ2) is 16.4. The number of rotatable bonds is 5. The quantitative estimate of drug-likeness (QED) is 0.112. The van der Waals surface area contributed by atoms with Crippen molar-refractivity contribution in [2.45, 2.75) is 31.6 Å². The van der Waals surface area contributed by atoms with Crippen LogP contribution in [0.5, 0.6) is 0 Å². The molecule has 0 aliphatic heterocycles. The van der Waals surface area contributed by atoms with Crippen molar-refractivity contribution in [3.05, 3.63) is 145 Å². The molecule has 0 aliphatic rings. The molecule has 0 aliphatic carbocycles. The molecule has 0 bridgehead atoms. The number of alkyl halides is 9. The van der Waals surface area contributed by atoms with Crippen LogP contribution in [-0.4, -0.2) is 29.5 Å². The molecule has 0 fully saturated rings. The van der Waals surface area contributed by atoms with E-state index >= 15 is 0 Å². The van der Waals surface area contributed by atoms with E-state index in [1.165, 1.54) is 24.4 Å². The summed E-state index contributed by atoms with van der Waals surface area (Å²) in [5, 5.41) is 10.2. The fourth-order valence-electron chi connectivity index (χ4n) is 3.72. The topological polar surface area (TPSA) is 79.4 Å². The molecule has 2 aromatic carbocycles. The zero-order chi connectivity index (χ0) is 35.0. The van der Waals surface area contributed by atoms with Crippen molar-refractivity contribution in [1.82, 2.24) is 34.6 Å². The van der Waals surface area contributed by atoms with Crippen LogP contribution in [0.15, 0.2) is 97.7 Å². The zero-order valence-electron chi connectivity index (χ0n) is 24.7. The third-order valence-electron chi connectivity index (χ3n) is 6.08. The van der Waals surface area contributed by atoms with E-state index in [-0.39, 0.29) is 31.6 Å². The second-order valence-corrected chi connectivity index (χ2v) is 9.60. The molecule has 1 radical (unpaired) electrons. The monoisotopic (exact) mass is 870 g/mol. The third-order valence-corrected chi connectivity index (χ3v) is 6.08. The first kappa shape index (κ1) is 38.5. The van der Waals surface area contributed by atoms with E-state index in [1.54, 1.807) is 63.1 Å². The number of nitrogens with zero attached hydrogens (tertiary/aromatic N) is 8. The van der Waals surface area contributed by atoms with Crippen LogP contribution >= 0.6 is 0 Å². The van der Waals surface area contributed by atoms with Gasteiger partial charge in [-0.15, -0.1) is 11.1 Å². The van der Waals surface area contributed by atoms with E-state index in [9.17, 15) is 39.5 Å². The SMILES string of the molecule is FC(F)(F)c1c[c-]c(Cn2cccn2)cc1.FC(F)(F)c1n[n-]c(-c2ccccn2)n1.[CH2-][n+]1cccn1Cc1[c-]cc(C(F)(F)F)cc1.[Ir]. The zero-order valence-corrected chi connectivity index (χ0v) is 27.1. The van der Waals surface area contributed by atoms with Crippen LogP contribution in [0.25, 0.3) is 11.5 Å². The molecule has 8 nitrogen and oxygen atoms in total. The van der Waals surface area contributed by atoms with Gasteiger partial charge in [-0.1, -0.05) is 23.3 Å². The molecule has 6 aromatic rings. The summed E-state index contributed by atoms with van der Waals surface area (Å²) < 4.78 is 115. The number of halogens is 9. The Bertz CT molecular complexity index is 1830. The first-order valence-corrected chi connectivity index (χ1v) is 13.5. The van der Waals surface area contributed by atoms with Crippen molar-refractivity contribution >= 4 is 0 Å². The average molecular weight is 870 g/mol. The molecule has 0 N–H and O–H groups in total. The van der Waals surface area contributed by atoms with Gasteiger partial charge in [0.15, 0.2) is 0 Å². The van der Waals surface area contributed by atoms with E-state index < -0.39 is 35.5 Å². The summed E-state index contributed by atoms with van der Waals surface area (Å²) in [7, 11) is 3.72. The molecule has 0 atom stereocenters. The Balaban J connectivity index is 0.000000197.